The first kappa shape index (κ1) is 6.48. The molecule has 0 saturated heterocycles. The van der Waals surface area contributed by atoms with Crippen LogP contribution in [-0.4, -0.2) is 11.2 Å². The number of nitrogens with zero attached hydrogens (tertiary/aromatic N) is 1. The van der Waals surface area contributed by atoms with Gasteiger partial charge >= 0.3 is 0 Å². The molecule has 0 aromatic heterocycles. The molecule has 0 heterocycles. The summed E-state index contributed by atoms with van der Waals surface area (Å²) in [4.78, 5) is 0. The fourth-order valence-corrected chi connectivity index (χ4v) is 0.789. The molecule has 0 radical (unpaired) electrons. The molecule has 50 valence electrons. The van der Waals surface area contributed by atoms with Crippen molar-refractivity contribution in [1.29, 1.82) is 0 Å². The number of allylic oxidation sites excluding steroid dienone is 2. The van der Waals surface area contributed by atoms with Crippen molar-refractivity contribution in [3.8, 4) is 0 Å². The molecule has 0 saturated carbocycles. The summed E-state index contributed by atoms with van der Waals surface area (Å²) in [6.45, 7) is 0. The number of rotatable bonds is 1. The van der Waals surface area contributed by atoms with E-state index in [1.165, 1.54) is 5.12 Å². The van der Waals surface area contributed by atoms with Crippen LogP contribution in [0.4, 0.5) is 0 Å². The van der Waals surface area contributed by atoms with E-state index in [1.54, 1.807) is 0 Å². The molecule has 4 N–H and O–H groups in total. The van der Waals surface area contributed by atoms with E-state index in [2.05, 4.69) is 0 Å². The standard InChI is InChI=1S/C6H11N3/c7-9(8)6-4-2-1-3-5-6/h1-4,6H,5,7-8H2/t6-/m0/s1. The monoisotopic (exact) mass is 125 g/mol. The van der Waals surface area contributed by atoms with Crippen LogP contribution in [-0.2, 0) is 0 Å². The highest BCUT2D eigenvalue weighted by Crippen LogP contribution is 2.04. The Morgan fingerprint density at radius 3 is 2.44 bits per heavy atom. The van der Waals surface area contributed by atoms with Gasteiger partial charge < -0.3 is 0 Å². The average Bonchev–Trinajstić information content (AvgIpc) is 1.90. The number of hydrazine groups is 2. The Kier molecular flexibility index (Phi) is 2.00. The minimum absolute atomic E-state index is 0.176. The highest BCUT2D eigenvalue weighted by atomic mass is 15.6. The molecule has 1 aliphatic carbocycles. The molecule has 0 amide bonds. The summed E-state index contributed by atoms with van der Waals surface area (Å²) in [7, 11) is 0. The maximum absolute atomic E-state index is 5.29. The quantitative estimate of drug-likeness (QED) is 0.380. The van der Waals surface area contributed by atoms with Gasteiger partial charge in [-0.15, -0.1) is 0 Å². The van der Waals surface area contributed by atoms with Crippen molar-refractivity contribution >= 4 is 0 Å². The smallest absolute Gasteiger partial charge is 0.0612 e. The SMILES string of the molecule is NN(N)[C@H]1C=CC=CC1. The van der Waals surface area contributed by atoms with Crippen molar-refractivity contribution in [3.63, 3.8) is 0 Å². The predicted octanol–water partition coefficient (Wildman–Crippen LogP) is -0.0795. The van der Waals surface area contributed by atoms with Crippen molar-refractivity contribution in [2.45, 2.75) is 12.5 Å². The maximum Gasteiger partial charge on any atom is 0.0612 e. The summed E-state index contributed by atoms with van der Waals surface area (Å²) < 4.78 is 0. The molecule has 1 atom stereocenters. The summed E-state index contributed by atoms with van der Waals surface area (Å²) in [5.74, 6) is 10.6. The summed E-state index contributed by atoms with van der Waals surface area (Å²) in [6.07, 6.45) is 8.85. The summed E-state index contributed by atoms with van der Waals surface area (Å²) >= 11 is 0. The van der Waals surface area contributed by atoms with Gasteiger partial charge in [0.15, 0.2) is 0 Å². The molecule has 0 unspecified atom stereocenters. The van der Waals surface area contributed by atoms with Crippen molar-refractivity contribution in [2.24, 2.45) is 11.7 Å². The Balaban J connectivity index is 2.46. The third-order valence-corrected chi connectivity index (χ3v) is 1.34. The van der Waals surface area contributed by atoms with Crippen LogP contribution >= 0.6 is 0 Å². The topological polar surface area (TPSA) is 55.3 Å². The lowest BCUT2D eigenvalue weighted by atomic mass is 10.1. The van der Waals surface area contributed by atoms with Crippen LogP contribution in [0.5, 0.6) is 0 Å². The van der Waals surface area contributed by atoms with E-state index in [4.69, 9.17) is 11.7 Å². The van der Waals surface area contributed by atoms with E-state index >= 15 is 0 Å². The fourth-order valence-electron chi connectivity index (χ4n) is 0.789. The lowest BCUT2D eigenvalue weighted by molar-refractivity contribution is 0.243. The molecule has 0 aromatic carbocycles. The highest BCUT2D eigenvalue weighted by molar-refractivity contribution is 5.12. The Labute approximate surface area is 54.6 Å². The molecule has 0 fully saturated rings. The van der Waals surface area contributed by atoms with Crippen LogP contribution < -0.4 is 11.7 Å². The minimum atomic E-state index is 0.176. The number of hydrogen-bond acceptors (Lipinski definition) is 3. The predicted molar refractivity (Wildman–Crippen MR) is 36.9 cm³/mol. The van der Waals surface area contributed by atoms with Gasteiger partial charge in [-0.3, -0.25) is 11.7 Å². The molecule has 0 bridgehead atoms. The number of hydrogen-bond donors (Lipinski definition) is 2. The van der Waals surface area contributed by atoms with Gasteiger partial charge in [-0.25, -0.2) is 0 Å². The van der Waals surface area contributed by atoms with Crippen LogP contribution in [0.15, 0.2) is 24.3 Å². The van der Waals surface area contributed by atoms with Gasteiger partial charge in [0, 0.05) is 0 Å². The molecule has 0 aliphatic heterocycles. The van der Waals surface area contributed by atoms with Crippen molar-refractivity contribution < 1.29 is 0 Å². The van der Waals surface area contributed by atoms with Crippen LogP contribution in [0, 0.1) is 0 Å². The van der Waals surface area contributed by atoms with Crippen LogP contribution in [0.3, 0.4) is 0 Å². The van der Waals surface area contributed by atoms with Gasteiger partial charge in [0.05, 0.1) is 6.04 Å². The molecular formula is C6H11N3. The van der Waals surface area contributed by atoms with E-state index in [-0.39, 0.29) is 6.04 Å². The van der Waals surface area contributed by atoms with E-state index < -0.39 is 0 Å². The molecule has 1 aliphatic rings. The molecule has 0 aromatic rings. The molecule has 9 heavy (non-hydrogen) atoms. The van der Waals surface area contributed by atoms with Gasteiger partial charge in [0.2, 0.25) is 0 Å². The van der Waals surface area contributed by atoms with Gasteiger partial charge in [-0.1, -0.05) is 24.3 Å². The van der Waals surface area contributed by atoms with Crippen LogP contribution in [0.1, 0.15) is 6.42 Å². The normalized spacial score (nSPS) is 25.4. The molecule has 0 spiro atoms. The minimum Gasteiger partial charge on any atom is -0.255 e. The zero-order chi connectivity index (χ0) is 6.69. The van der Waals surface area contributed by atoms with Crippen molar-refractivity contribution in [1.82, 2.24) is 5.12 Å². The van der Waals surface area contributed by atoms with Gasteiger partial charge in [0.25, 0.3) is 0 Å². The lowest BCUT2D eigenvalue weighted by Crippen LogP contribution is -2.45. The van der Waals surface area contributed by atoms with Gasteiger partial charge in [0.1, 0.15) is 0 Å². The second kappa shape index (κ2) is 2.77. The first-order valence-electron chi connectivity index (χ1n) is 2.92. The summed E-state index contributed by atoms with van der Waals surface area (Å²) in [5, 5.41) is 1.22. The maximum atomic E-state index is 5.29. The Hall–Kier alpha value is -0.640. The van der Waals surface area contributed by atoms with Crippen molar-refractivity contribution in [3.05, 3.63) is 24.3 Å². The second-order valence-corrected chi connectivity index (χ2v) is 2.06. The zero-order valence-electron chi connectivity index (χ0n) is 5.20. The Morgan fingerprint density at radius 1 is 1.33 bits per heavy atom. The molecular weight excluding hydrogens is 114 g/mol. The molecule has 1 rings (SSSR count). The zero-order valence-corrected chi connectivity index (χ0v) is 5.20. The van der Waals surface area contributed by atoms with Crippen LogP contribution in [0.2, 0.25) is 0 Å². The molecule has 3 heteroatoms. The van der Waals surface area contributed by atoms with E-state index in [0.717, 1.165) is 6.42 Å². The van der Waals surface area contributed by atoms with E-state index in [9.17, 15) is 0 Å². The van der Waals surface area contributed by atoms with E-state index in [0.29, 0.717) is 0 Å². The Morgan fingerprint density at radius 2 is 2.11 bits per heavy atom. The third-order valence-electron chi connectivity index (χ3n) is 1.34. The van der Waals surface area contributed by atoms with Gasteiger partial charge in [-0.2, -0.15) is 5.12 Å². The Bertz CT molecular complexity index is 137. The average molecular weight is 125 g/mol. The largest absolute Gasteiger partial charge is 0.255 e. The fraction of sp³-hybridized carbons (Fsp3) is 0.333. The first-order chi connectivity index (χ1) is 4.30. The molecule has 3 nitrogen and oxygen atoms in total. The highest BCUT2D eigenvalue weighted by Gasteiger charge is 2.06. The van der Waals surface area contributed by atoms with E-state index in [1.807, 2.05) is 24.3 Å². The summed E-state index contributed by atoms with van der Waals surface area (Å²) in [6, 6.07) is 0.176. The third kappa shape index (κ3) is 1.64. The second-order valence-electron chi connectivity index (χ2n) is 2.06. The summed E-state index contributed by atoms with van der Waals surface area (Å²) in [5.41, 5.74) is 0. The van der Waals surface area contributed by atoms with Crippen LogP contribution in [0.25, 0.3) is 0 Å². The lowest BCUT2D eigenvalue weighted by Gasteiger charge is -2.19. The van der Waals surface area contributed by atoms with Gasteiger partial charge in [-0.05, 0) is 6.42 Å². The first-order valence-corrected chi connectivity index (χ1v) is 2.92. The number of nitrogens with two attached hydrogens (primary N) is 2. The van der Waals surface area contributed by atoms with Crippen molar-refractivity contribution in [2.75, 3.05) is 0 Å².